The van der Waals surface area contributed by atoms with Gasteiger partial charge in [-0.2, -0.15) is 5.10 Å². The third kappa shape index (κ3) is 4.01. The Hall–Kier alpha value is -4.35. The Morgan fingerprint density at radius 1 is 1.10 bits per heavy atom. The smallest absolute Gasteiger partial charge is 0.265 e. The molecule has 12 heteroatoms. The van der Waals surface area contributed by atoms with E-state index in [0.29, 0.717) is 38.2 Å². The minimum atomic E-state index is -0.588. The van der Waals surface area contributed by atoms with Crippen LogP contribution >= 0.6 is 22.9 Å². The Morgan fingerprint density at radius 3 is 2.67 bits per heavy atom. The zero-order chi connectivity index (χ0) is 27.4. The molecule has 0 aliphatic rings. The molecule has 0 fully saturated rings. The second-order valence-corrected chi connectivity index (χ2v) is 10.1. The number of fused-ring (bicyclic) bond motifs is 2. The fourth-order valence-corrected chi connectivity index (χ4v) is 5.89. The maximum absolute atomic E-state index is 14.6. The number of nitrogens with two attached hydrogens (primary N) is 1. The molecule has 0 radical (unpaired) electrons. The summed E-state index contributed by atoms with van der Waals surface area (Å²) in [6, 6.07) is 11.5. The molecule has 0 aliphatic carbocycles. The van der Waals surface area contributed by atoms with E-state index in [0.717, 1.165) is 0 Å². The molecule has 8 nitrogen and oxygen atoms in total. The third-order valence-corrected chi connectivity index (χ3v) is 7.86. The van der Waals surface area contributed by atoms with Gasteiger partial charge in [0.05, 0.1) is 24.1 Å². The molecule has 0 bridgehead atoms. The molecule has 4 heterocycles. The van der Waals surface area contributed by atoms with Crippen LogP contribution in [0.4, 0.5) is 14.6 Å². The molecule has 0 spiro atoms. The molecule has 0 amide bonds. The van der Waals surface area contributed by atoms with Crippen LogP contribution in [0.15, 0.2) is 65.0 Å². The largest absolute Gasteiger partial charge is 0.494 e. The van der Waals surface area contributed by atoms with Gasteiger partial charge in [0.1, 0.15) is 33.6 Å². The summed E-state index contributed by atoms with van der Waals surface area (Å²) in [6.45, 7) is 1.84. The second kappa shape index (κ2) is 9.44. The minimum absolute atomic E-state index is 0.0863. The van der Waals surface area contributed by atoms with Gasteiger partial charge in [0.2, 0.25) is 0 Å². The number of rotatable bonds is 5. The number of thiazole rings is 1. The van der Waals surface area contributed by atoms with Gasteiger partial charge in [0, 0.05) is 10.9 Å². The summed E-state index contributed by atoms with van der Waals surface area (Å²) < 4.78 is 37.0. The van der Waals surface area contributed by atoms with Gasteiger partial charge in [-0.1, -0.05) is 23.7 Å². The van der Waals surface area contributed by atoms with E-state index in [1.165, 1.54) is 59.5 Å². The predicted octanol–water partition coefficient (Wildman–Crippen LogP) is 5.97. The summed E-state index contributed by atoms with van der Waals surface area (Å²) in [5.41, 5.74) is 8.27. The average molecular weight is 565 g/mol. The van der Waals surface area contributed by atoms with Gasteiger partial charge in [-0.15, -0.1) is 11.3 Å². The fourth-order valence-electron chi connectivity index (χ4n) is 4.73. The van der Waals surface area contributed by atoms with Crippen molar-refractivity contribution in [2.24, 2.45) is 0 Å². The summed E-state index contributed by atoms with van der Waals surface area (Å²) in [4.78, 5) is 22.9. The summed E-state index contributed by atoms with van der Waals surface area (Å²) in [5.74, 6) is -0.803. The van der Waals surface area contributed by atoms with Gasteiger partial charge in [0.15, 0.2) is 17.2 Å². The van der Waals surface area contributed by atoms with Gasteiger partial charge < -0.3 is 10.5 Å². The molecule has 6 rings (SSSR count). The Bertz CT molecular complexity index is 1970. The molecule has 0 saturated heterocycles. The summed E-state index contributed by atoms with van der Waals surface area (Å²) >= 11 is 7.63. The van der Waals surface area contributed by atoms with Gasteiger partial charge in [-0.05, 0) is 54.4 Å². The molecule has 0 unspecified atom stereocenters. The minimum Gasteiger partial charge on any atom is -0.494 e. The van der Waals surface area contributed by atoms with Crippen molar-refractivity contribution in [3.8, 4) is 28.1 Å². The molecule has 39 heavy (non-hydrogen) atoms. The number of nitrogen functional groups attached to an aromatic ring is 1. The van der Waals surface area contributed by atoms with Crippen molar-refractivity contribution in [3.05, 3.63) is 92.9 Å². The Balaban J connectivity index is 1.63. The lowest BCUT2D eigenvalue weighted by Crippen LogP contribution is -2.20. The summed E-state index contributed by atoms with van der Waals surface area (Å²) in [6.07, 6.45) is 1.31. The van der Waals surface area contributed by atoms with Crippen molar-refractivity contribution in [3.63, 3.8) is 0 Å². The van der Waals surface area contributed by atoms with E-state index in [-0.39, 0.29) is 22.3 Å². The molecule has 2 aromatic carbocycles. The second-order valence-electron chi connectivity index (χ2n) is 8.80. The lowest BCUT2D eigenvalue weighted by atomic mass is 9.97. The highest BCUT2D eigenvalue weighted by molar-refractivity contribution is 7.16. The van der Waals surface area contributed by atoms with Crippen molar-refractivity contribution >= 4 is 44.6 Å². The number of methoxy groups -OCH3 is 1. The van der Waals surface area contributed by atoms with Crippen LogP contribution in [0.2, 0.25) is 5.15 Å². The number of aromatic nitrogens is 5. The van der Waals surface area contributed by atoms with Crippen LogP contribution in [0.25, 0.3) is 38.2 Å². The van der Waals surface area contributed by atoms with Crippen molar-refractivity contribution in [1.82, 2.24) is 24.1 Å². The SMILES string of the molecule is COc1ccc(-c2nn([C@@H](C)c3cc4scc(Cl)n4c(=O)c3-c3cccc(F)c3)c3ncnc(N)c23)cc1F. The topological polar surface area (TPSA) is 100 Å². The number of halogens is 3. The average Bonchev–Trinajstić information content (AvgIpc) is 3.50. The number of pyridine rings is 1. The number of benzene rings is 2. The molecular formula is C27H19ClF2N6O2S. The van der Waals surface area contributed by atoms with E-state index in [2.05, 4.69) is 9.97 Å². The van der Waals surface area contributed by atoms with E-state index >= 15 is 0 Å². The maximum atomic E-state index is 14.6. The fraction of sp³-hybridized carbons (Fsp3) is 0.111. The van der Waals surface area contributed by atoms with E-state index in [1.807, 2.05) is 13.0 Å². The number of hydrogen-bond donors (Lipinski definition) is 1. The lowest BCUT2D eigenvalue weighted by molar-refractivity contribution is 0.386. The Kier molecular flexibility index (Phi) is 6.04. The third-order valence-electron chi connectivity index (χ3n) is 6.57. The summed E-state index contributed by atoms with van der Waals surface area (Å²) in [5, 5.41) is 7.13. The van der Waals surface area contributed by atoms with Crippen LogP contribution in [-0.2, 0) is 0 Å². The highest BCUT2D eigenvalue weighted by atomic mass is 35.5. The maximum Gasteiger partial charge on any atom is 0.265 e. The quantitative estimate of drug-likeness (QED) is 0.277. The number of anilines is 1. The molecular weight excluding hydrogens is 546 g/mol. The Morgan fingerprint density at radius 2 is 1.92 bits per heavy atom. The zero-order valence-electron chi connectivity index (χ0n) is 20.5. The van der Waals surface area contributed by atoms with Crippen LogP contribution in [0.5, 0.6) is 5.75 Å². The van der Waals surface area contributed by atoms with Crippen molar-refractivity contribution in [1.29, 1.82) is 0 Å². The molecule has 2 N–H and O–H groups in total. The van der Waals surface area contributed by atoms with E-state index < -0.39 is 23.2 Å². The first-order valence-corrected chi connectivity index (χ1v) is 13.0. The predicted molar refractivity (Wildman–Crippen MR) is 147 cm³/mol. The molecule has 1 atom stereocenters. The van der Waals surface area contributed by atoms with E-state index in [1.54, 1.807) is 22.2 Å². The van der Waals surface area contributed by atoms with Crippen molar-refractivity contribution in [2.45, 2.75) is 13.0 Å². The number of ether oxygens (including phenoxy) is 1. The highest BCUT2D eigenvalue weighted by Gasteiger charge is 2.26. The van der Waals surface area contributed by atoms with Crippen molar-refractivity contribution < 1.29 is 13.5 Å². The van der Waals surface area contributed by atoms with Crippen LogP contribution in [-0.4, -0.2) is 31.3 Å². The first-order valence-electron chi connectivity index (χ1n) is 11.7. The molecule has 0 aliphatic heterocycles. The molecule has 6 aromatic rings. The molecule has 0 saturated carbocycles. The van der Waals surface area contributed by atoms with Gasteiger partial charge >= 0.3 is 0 Å². The lowest BCUT2D eigenvalue weighted by Gasteiger charge is -2.18. The van der Waals surface area contributed by atoms with E-state index in [4.69, 9.17) is 27.2 Å². The summed E-state index contributed by atoms with van der Waals surface area (Å²) in [7, 11) is 1.38. The zero-order valence-corrected chi connectivity index (χ0v) is 22.1. The van der Waals surface area contributed by atoms with Gasteiger partial charge in [-0.3, -0.25) is 9.20 Å². The standard InChI is InChI=1S/C27H19ClF2N6O2S/c1-13(17-10-21-35(20(28)11-39-21)27(37)22(17)14-4-3-5-16(29)8-14)36-26-23(25(31)32-12-33-26)24(34-36)15-6-7-19(38-2)18(30)9-15/h3-13H,1-2H3,(H2,31,32,33)/t13-/m0/s1. The van der Waals surface area contributed by atoms with E-state index in [9.17, 15) is 13.6 Å². The number of nitrogens with zero attached hydrogens (tertiary/aromatic N) is 5. The van der Waals surface area contributed by atoms with Crippen LogP contribution in [0, 0.1) is 11.6 Å². The molecule has 4 aromatic heterocycles. The monoisotopic (exact) mass is 564 g/mol. The normalized spacial score (nSPS) is 12.3. The van der Waals surface area contributed by atoms with Crippen LogP contribution < -0.4 is 16.0 Å². The highest BCUT2D eigenvalue weighted by Crippen LogP contribution is 2.37. The van der Waals surface area contributed by atoms with Crippen LogP contribution in [0.3, 0.4) is 0 Å². The van der Waals surface area contributed by atoms with Gasteiger partial charge in [0.25, 0.3) is 5.56 Å². The first kappa shape index (κ1) is 25.0. The van der Waals surface area contributed by atoms with Gasteiger partial charge in [-0.25, -0.2) is 23.4 Å². The van der Waals surface area contributed by atoms with Crippen LogP contribution in [0.1, 0.15) is 18.5 Å². The molecule has 196 valence electrons. The first-order chi connectivity index (χ1) is 18.8. The van der Waals surface area contributed by atoms with Crippen molar-refractivity contribution in [2.75, 3.05) is 12.8 Å². The number of hydrogen-bond acceptors (Lipinski definition) is 7. The Labute approximate surface area is 228 Å².